The summed E-state index contributed by atoms with van der Waals surface area (Å²) >= 11 is 0. The highest BCUT2D eigenvalue weighted by Crippen LogP contribution is 2.08. The molecule has 1 rings (SSSR count). The van der Waals surface area contributed by atoms with E-state index in [1.54, 1.807) is 36.2 Å². The summed E-state index contributed by atoms with van der Waals surface area (Å²) in [5.41, 5.74) is 1.57. The molecule has 0 atom stereocenters. The summed E-state index contributed by atoms with van der Waals surface area (Å²) in [4.78, 5) is 13.5. The number of amides is 1. The molecule has 78 valence electrons. The smallest absolute Gasteiger partial charge is 0.257 e. The molecule has 0 bridgehead atoms. The summed E-state index contributed by atoms with van der Waals surface area (Å²) in [7, 11) is 1.75. The summed E-state index contributed by atoms with van der Waals surface area (Å²) < 4.78 is 0. The Hall–Kier alpha value is -1.83. The maximum atomic E-state index is 11.9. The molecule has 0 spiro atoms. The van der Waals surface area contributed by atoms with Gasteiger partial charge in [0, 0.05) is 18.3 Å². The molecule has 15 heavy (non-hydrogen) atoms. The monoisotopic (exact) mass is 201 g/mol. The second-order valence-electron chi connectivity index (χ2n) is 3.27. The Morgan fingerprint density at radius 3 is 2.47 bits per heavy atom. The van der Waals surface area contributed by atoms with Gasteiger partial charge in [-0.25, -0.2) is 0 Å². The molecule has 0 heterocycles. The highest BCUT2D eigenvalue weighted by atomic mass is 16.2. The van der Waals surface area contributed by atoms with E-state index in [0.717, 1.165) is 5.70 Å². The van der Waals surface area contributed by atoms with Crippen LogP contribution in [0.25, 0.3) is 0 Å². The second-order valence-corrected chi connectivity index (χ2v) is 3.27. The van der Waals surface area contributed by atoms with Crippen LogP contribution < -0.4 is 0 Å². The van der Waals surface area contributed by atoms with Gasteiger partial charge in [-0.3, -0.25) is 4.79 Å². The summed E-state index contributed by atoms with van der Waals surface area (Å²) in [6.07, 6.45) is 3.48. The van der Waals surface area contributed by atoms with Crippen molar-refractivity contribution in [2.45, 2.75) is 6.92 Å². The zero-order chi connectivity index (χ0) is 11.3. The summed E-state index contributed by atoms with van der Waals surface area (Å²) in [6.45, 7) is 5.48. The number of benzene rings is 1. The van der Waals surface area contributed by atoms with E-state index in [9.17, 15) is 4.79 Å². The third kappa shape index (κ3) is 2.81. The van der Waals surface area contributed by atoms with Crippen molar-refractivity contribution >= 4 is 5.91 Å². The lowest BCUT2D eigenvalue weighted by Gasteiger charge is -2.17. The average Bonchev–Trinajstić information content (AvgIpc) is 2.28. The number of carbonyl (C=O) groups excluding carboxylic acids is 1. The quantitative estimate of drug-likeness (QED) is 0.688. The SMILES string of the molecule is C=CC=C(C)N(C)C(=O)c1ccccc1. The van der Waals surface area contributed by atoms with E-state index in [1.807, 2.05) is 25.1 Å². The summed E-state index contributed by atoms with van der Waals surface area (Å²) in [5.74, 6) is -0.00815. The minimum Gasteiger partial charge on any atom is -0.316 e. The zero-order valence-electron chi connectivity index (χ0n) is 9.10. The topological polar surface area (TPSA) is 20.3 Å². The molecule has 1 aromatic carbocycles. The van der Waals surface area contributed by atoms with Gasteiger partial charge in [-0.2, -0.15) is 0 Å². The molecule has 0 unspecified atom stereocenters. The van der Waals surface area contributed by atoms with Gasteiger partial charge in [0.25, 0.3) is 5.91 Å². The molecule has 0 aliphatic carbocycles. The van der Waals surface area contributed by atoms with Gasteiger partial charge < -0.3 is 4.90 Å². The van der Waals surface area contributed by atoms with Crippen LogP contribution in [0.5, 0.6) is 0 Å². The van der Waals surface area contributed by atoms with Crippen molar-refractivity contribution in [3.63, 3.8) is 0 Å². The first-order valence-electron chi connectivity index (χ1n) is 4.79. The lowest BCUT2D eigenvalue weighted by atomic mass is 10.2. The first kappa shape index (κ1) is 11.2. The minimum atomic E-state index is -0.00815. The number of rotatable bonds is 3. The zero-order valence-corrected chi connectivity index (χ0v) is 9.10. The van der Waals surface area contributed by atoms with E-state index in [0.29, 0.717) is 5.56 Å². The van der Waals surface area contributed by atoms with Gasteiger partial charge in [-0.05, 0) is 25.1 Å². The Balaban J connectivity index is 2.87. The molecule has 2 nitrogen and oxygen atoms in total. The second kappa shape index (κ2) is 5.15. The largest absolute Gasteiger partial charge is 0.316 e. The fourth-order valence-corrected chi connectivity index (χ4v) is 1.22. The van der Waals surface area contributed by atoms with E-state index in [4.69, 9.17) is 0 Å². The summed E-state index contributed by atoms with van der Waals surface area (Å²) in [5, 5.41) is 0. The molecule has 0 aliphatic heterocycles. The maximum absolute atomic E-state index is 11.9. The molecule has 2 heteroatoms. The van der Waals surface area contributed by atoms with Crippen molar-refractivity contribution in [1.82, 2.24) is 4.90 Å². The first-order valence-corrected chi connectivity index (χ1v) is 4.79. The van der Waals surface area contributed by atoms with E-state index < -0.39 is 0 Å². The number of nitrogens with zero attached hydrogens (tertiary/aromatic N) is 1. The number of allylic oxidation sites excluding steroid dienone is 3. The van der Waals surface area contributed by atoms with Gasteiger partial charge >= 0.3 is 0 Å². The predicted molar refractivity (Wildman–Crippen MR) is 62.5 cm³/mol. The van der Waals surface area contributed by atoms with Gasteiger partial charge in [0.15, 0.2) is 0 Å². The van der Waals surface area contributed by atoms with Crippen molar-refractivity contribution < 1.29 is 4.79 Å². The fourth-order valence-electron chi connectivity index (χ4n) is 1.22. The van der Waals surface area contributed by atoms with Gasteiger partial charge in [0.1, 0.15) is 0 Å². The maximum Gasteiger partial charge on any atom is 0.257 e. The highest BCUT2D eigenvalue weighted by Gasteiger charge is 2.11. The first-order chi connectivity index (χ1) is 7.16. The van der Waals surface area contributed by atoms with Crippen molar-refractivity contribution in [2.75, 3.05) is 7.05 Å². The normalized spacial score (nSPS) is 10.9. The number of hydrogen-bond donors (Lipinski definition) is 0. The van der Waals surface area contributed by atoms with Gasteiger partial charge in [-0.1, -0.05) is 30.9 Å². The Kier molecular flexibility index (Phi) is 3.86. The molecular weight excluding hydrogens is 186 g/mol. The van der Waals surface area contributed by atoms with Crippen molar-refractivity contribution in [1.29, 1.82) is 0 Å². The van der Waals surface area contributed by atoms with Gasteiger partial charge in [0.2, 0.25) is 0 Å². The van der Waals surface area contributed by atoms with E-state index in [2.05, 4.69) is 6.58 Å². The molecule has 1 amide bonds. The third-order valence-electron chi connectivity index (χ3n) is 2.21. The van der Waals surface area contributed by atoms with E-state index >= 15 is 0 Å². The van der Waals surface area contributed by atoms with Crippen molar-refractivity contribution in [3.8, 4) is 0 Å². The van der Waals surface area contributed by atoms with Crippen LogP contribution >= 0.6 is 0 Å². The molecule has 0 saturated carbocycles. The van der Waals surface area contributed by atoms with Gasteiger partial charge in [-0.15, -0.1) is 0 Å². The van der Waals surface area contributed by atoms with E-state index in [1.165, 1.54) is 0 Å². The molecule has 0 fully saturated rings. The standard InChI is InChI=1S/C13H15NO/c1-4-8-11(2)14(3)13(15)12-9-6-5-7-10-12/h4-10H,1H2,2-3H3. The molecule has 0 aliphatic rings. The fraction of sp³-hybridized carbons (Fsp3) is 0.154. The molecule has 1 aromatic rings. The molecule has 0 N–H and O–H groups in total. The van der Waals surface area contributed by atoms with Crippen LogP contribution in [0.1, 0.15) is 17.3 Å². The van der Waals surface area contributed by atoms with Crippen LogP contribution in [-0.2, 0) is 0 Å². The molecule has 0 aromatic heterocycles. The Labute approximate surface area is 90.5 Å². The lowest BCUT2D eigenvalue weighted by molar-refractivity contribution is 0.0836. The molecule has 0 saturated heterocycles. The molecular formula is C13H15NO. The average molecular weight is 201 g/mol. The summed E-state index contributed by atoms with van der Waals surface area (Å²) in [6, 6.07) is 9.21. The highest BCUT2D eigenvalue weighted by molar-refractivity contribution is 5.95. The number of hydrogen-bond acceptors (Lipinski definition) is 1. The predicted octanol–water partition coefficient (Wildman–Crippen LogP) is 2.85. The van der Waals surface area contributed by atoms with Crippen LogP contribution in [-0.4, -0.2) is 17.9 Å². The van der Waals surface area contributed by atoms with Gasteiger partial charge in [0.05, 0.1) is 0 Å². The Morgan fingerprint density at radius 1 is 1.33 bits per heavy atom. The van der Waals surface area contributed by atoms with Crippen LogP contribution in [0.4, 0.5) is 0 Å². The van der Waals surface area contributed by atoms with Crippen LogP contribution in [0, 0.1) is 0 Å². The Morgan fingerprint density at radius 2 is 1.93 bits per heavy atom. The van der Waals surface area contributed by atoms with Crippen molar-refractivity contribution in [3.05, 3.63) is 60.3 Å². The lowest BCUT2D eigenvalue weighted by Crippen LogP contribution is -2.24. The van der Waals surface area contributed by atoms with Crippen LogP contribution in [0.3, 0.4) is 0 Å². The third-order valence-corrected chi connectivity index (χ3v) is 2.21. The number of carbonyl (C=O) groups is 1. The minimum absolute atomic E-state index is 0.00815. The molecule has 0 radical (unpaired) electrons. The van der Waals surface area contributed by atoms with Crippen molar-refractivity contribution in [2.24, 2.45) is 0 Å². The van der Waals surface area contributed by atoms with Crippen LogP contribution in [0.2, 0.25) is 0 Å². The van der Waals surface area contributed by atoms with E-state index in [-0.39, 0.29) is 5.91 Å². The Bertz CT molecular complexity index is 379. The van der Waals surface area contributed by atoms with Crippen LogP contribution in [0.15, 0.2) is 54.8 Å².